The van der Waals surface area contributed by atoms with E-state index in [9.17, 15) is 8.78 Å². The van der Waals surface area contributed by atoms with E-state index in [1.54, 1.807) is 0 Å². The third-order valence-electron chi connectivity index (χ3n) is 3.58. The second-order valence-electron chi connectivity index (χ2n) is 4.70. The van der Waals surface area contributed by atoms with Crippen LogP contribution >= 0.6 is 23.2 Å². The average Bonchev–Trinajstić information content (AvgIpc) is 2.35. The van der Waals surface area contributed by atoms with Crippen molar-refractivity contribution >= 4 is 23.2 Å². The van der Waals surface area contributed by atoms with Crippen LogP contribution in [0.5, 0.6) is 0 Å². The smallest absolute Gasteiger partial charge is 0.160 e. The molecule has 0 N–H and O–H groups in total. The highest BCUT2D eigenvalue weighted by Crippen LogP contribution is 2.48. The highest BCUT2D eigenvalue weighted by molar-refractivity contribution is 6.32. The summed E-state index contributed by atoms with van der Waals surface area (Å²) in [6.07, 6.45) is 0.833. The molecule has 0 saturated heterocycles. The van der Waals surface area contributed by atoms with Crippen molar-refractivity contribution in [2.75, 3.05) is 0 Å². The quantitative estimate of drug-likeness (QED) is 0.525. The molecule has 0 spiro atoms. The number of halogens is 4. The molecule has 2 atom stereocenters. The lowest BCUT2D eigenvalue weighted by Crippen LogP contribution is -2.21. The van der Waals surface area contributed by atoms with Gasteiger partial charge in [0.15, 0.2) is 11.6 Å². The minimum absolute atomic E-state index is 0.0974. The zero-order valence-corrected chi connectivity index (χ0v) is 11.3. The van der Waals surface area contributed by atoms with Gasteiger partial charge in [0.05, 0.1) is 5.38 Å². The summed E-state index contributed by atoms with van der Waals surface area (Å²) in [4.78, 5) is 0. The average molecular weight is 299 g/mol. The SMILES string of the molecule is Fc1cc(Cl)c(C(Cl)C2Cc3ccccc32)cc1F. The van der Waals surface area contributed by atoms with Crippen molar-refractivity contribution in [2.45, 2.75) is 17.7 Å². The molecule has 1 aliphatic rings. The Labute approximate surface area is 120 Å². The van der Waals surface area contributed by atoms with Gasteiger partial charge in [0.25, 0.3) is 0 Å². The molecule has 0 heterocycles. The van der Waals surface area contributed by atoms with E-state index in [1.165, 1.54) is 5.56 Å². The third-order valence-corrected chi connectivity index (χ3v) is 4.45. The van der Waals surface area contributed by atoms with Crippen LogP contribution in [0.25, 0.3) is 0 Å². The fraction of sp³-hybridized carbons (Fsp3) is 0.200. The van der Waals surface area contributed by atoms with Crippen molar-refractivity contribution in [3.8, 4) is 0 Å². The molecule has 1 aliphatic carbocycles. The fourth-order valence-electron chi connectivity index (χ4n) is 2.52. The minimum atomic E-state index is -0.952. The number of fused-ring (bicyclic) bond motifs is 1. The fourth-order valence-corrected chi connectivity index (χ4v) is 3.25. The Hall–Kier alpha value is -1.12. The molecule has 2 unspecified atom stereocenters. The first-order valence-electron chi connectivity index (χ1n) is 5.94. The molecule has 2 aromatic carbocycles. The van der Waals surface area contributed by atoms with Crippen LogP contribution in [0.15, 0.2) is 36.4 Å². The Morgan fingerprint density at radius 2 is 1.79 bits per heavy atom. The van der Waals surface area contributed by atoms with Crippen LogP contribution in [0, 0.1) is 11.6 Å². The maximum absolute atomic E-state index is 13.3. The highest BCUT2D eigenvalue weighted by atomic mass is 35.5. The summed E-state index contributed by atoms with van der Waals surface area (Å²) in [5.74, 6) is -1.77. The summed E-state index contributed by atoms with van der Waals surface area (Å²) in [5.41, 5.74) is 2.85. The Kier molecular flexibility index (Phi) is 3.23. The lowest BCUT2D eigenvalue weighted by Gasteiger charge is -2.34. The van der Waals surface area contributed by atoms with Gasteiger partial charge in [-0.05, 0) is 35.2 Å². The predicted octanol–water partition coefficient (Wildman–Crippen LogP) is 5.24. The van der Waals surface area contributed by atoms with Crippen LogP contribution in [0.4, 0.5) is 8.78 Å². The van der Waals surface area contributed by atoms with E-state index < -0.39 is 17.0 Å². The molecule has 0 bridgehead atoms. The topological polar surface area (TPSA) is 0 Å². The van der Waals surface area contributed by atoms with Crippen LogP contribution in [0.2, 0.25) is 5.02 Å². The number of benzene rings is 2. The molecule has 0 aromatic heterocycles. The van der Waals surface area contributed by atoms with Gasteiger partial charge >= 0.3 is 0 Å². The summed E-state index contributed by atoms with van der Waals surface area (Å²) in [5, 5.41) is -0.277. The summed E-state index contributed by atoms with van der Waals surface area (Å²) in [7, 11) is 0. The molecule has 3 rings (SSSR count). The summed E-state index contributed by atoms with van der Waals surface area (Å²) >= 11 is 12.3. The predicted molar refractivity (Wildman–Crippen MR) is 72.8 cm³/mol. The standard InChI is InChI=1S/C15H10Cl2F2/c16-12-7-14(19)13(18)6-11(12)15(17)10-5-8-3-1-2-4-9(8)10/h1-4,6-7,10,15H,5H2. The van der Waals surface area contributed by atoms with Crippen molar-refractivity contribution in [3.63, 3.8) is 0 Å². The Morgan fingerprint density at radius 3 is 2.53 bits per heavy atom. The minimum Gasteiger partial charge on any atom is -0.204 e. The zero-order valence-electron chi connectivity index (χ0n) is 9.84. The Bertz CT molecular complexity index is 640. The van der Waals surface area contributed by atoms with Gasteiger partial charge in [-0.2, -0.15) is 0 Å². The number of rotatable bonds is 2. The number of alkyl halides is 1. The van der Waals surface area contributed by atoms with Gasteiger partial charge in [0, 0.05) is 10.9 Å². The van der Waals surface area contributed by atoms with Gasteiger partial charge < -0.3 is 0 Å². The van der Waals surface area contributed by atoms with E-state index in [0.717, 1.165) is 24.1 Å². The van der Waals surface area contributed by atoms with Crippen molar-refractivity contribution in [3.05, 3.63) is 69.7 Å². The molecule has 0 fully saturated rings. The molecular weight excluding hydrogens is 289 g/mol. The maximum Gasteiger partial charge on any atom is 0.160 e. The van der Waals surface area contributed by atoms with Gasteiger partial charge in [0.1, 0.15) is 0 Å². The highest BCUT2D eigenvalue weighted by Gasteiger charge is 2.33. The van der Waals surface area contributed by atoms with Gasteiger partial charge in [0.2, 0.25) is 0 Å². The molecule has 19 heavy (non-hydrogen) atoms. The van der Waals surface area contributed by atoms with Crippen molar-refractivity contribution in [1.29, 1.82) is 0 Å². The van der Waals surface area contributed by atoms with Crippen LogP contribution in [0.1, 0.15) is 28.0 Å². The molecule has 0 aliphatic heterocycles. The van der Waals surface area contributed by atoms with Gasteiger partial charge in [-0.1, -0.05) is 35.9 Å². The van der Waals surface area contributed by atoms with Crippen LogP contribution in [-0.2, 0) is 6.42 Å². The first kappa shape index (κ1) is 12.9. The summed E-state index contributed by atoms with van der Waals surface area (Å²) < 4.78 is 26.4. The monoisotopic (exact) mass is 298 g/mol. The Balaban J connectivity index is 1.94. The zero-order chi connectivity index (χ0) is 13.6. The van der Waals surface area contributed by atoms with Gasteiger partial charge in [-0.25, -0.2) is 8.78 Å². The van der Waals surface area contributed by atoms with Gasteiger partial charge in [-0.3, -0.25) is 0 Å². The van der Waals surface area contributed by atoms with E-state index in [0.29, 0.717) is 5.56 Å². The number of hydrogen-bond acceptors (Lipinski definition) is 0. The Morgan fingerprint density at radius 1 is 1.11 bits per heavy atom. The first-order chi connectivity index (χ1) is 9.08. The lowest BCUT2D eigenvalue weighted by molar-refractivity contribution is 0.504. The molecule has 4 heteroatoms. The van der Waals surface area contributed by atoms with Crippen LogP contribution in [-0.4, -0.2) is 0 Å². The molecule has 0 nitrogen and oxygen atoms in total. The molecule has 0 amide bonds. The van der Waals surface area contributed by atoms with Crippen molar-refractivity contribution < 1.29 is 8.78 Å². The van der Waals surface area contributed by atoms with Crippen molar-refractivity contribution in [1.82, 2.24) is 0 Å². The molecule has 0 saturated carbocycles. The third kappa shape index (κ3) is 2.13. The lowest BCUT2D eigenvalue weighted by atomic mass is 9.74. The number of hydrogen-bond donors (Lipinski definition) is 0. The molecule has 2 aromatic rings. The van der Waals surface area contributed by atoms with E-state index in [1.807, 2.05) is 24.3 Å². The van der Waals surface area contributed by atoms with Crippen molar-refractivity contribution in [2.24, 2.45) is 0 Å². The second-order valence-corrected chi connectivity index (χ2v) is 5.58. The van der Waals surface area contributed by atoms with E-state index in [-0.39, 0.29) is 10.9 Å². The maximum atomic E-state index is 13.3. The summed E-state index contributed by atoms with van der Waals surface area (Å²) in [6, 6.07) is 10.0. The first-order valence-corrected chi connectivity index (χ1v) is 6.75. The van der Waals surface area contributed by atoms with Crippen LogP contribution in [0.3, 0.4) is 0 Å². The second kappa shape index (κ2) is 4.77. The molecule has 98 valence electrons. The van der Waals surface area contributed by atoms with Crippen LogP contribution < -0.4 is 0 Å². The molecular formula is C15H10Cl2F2. The largest absolute Gasteiger partial charge is 0.204 e. The van der Waals surface area contributed by atoms with Gasteiger partial charge in [-0.15, -0.1) is 11.6 Å². The van der Waals surface area contributed by atoms with E-state index in [2.05, 4.69) is 0 Å². The van der Waals surface area contributed by atoms with E-state index >= 15 is 0 Å². The molecule has 0 radical (unpaired) electrons. The summed E-state index contributed by atoms with van der Waals surface area (Å²) in [6.45, 7) is 0. The normalized spacial score (nSPS) is 18.6. The van der Waals surface area contributed by atoms with E-state index in [4.69, 9.17) is 23.2 Å².